The van der Waals surface area contributed by atoms with Gasteiger partial charge in [0.2, 0.25) is 5.91 Å². The Bertz CT molecular complexity index is 971. The van der Waals surface area contributed by atoms with Crippen molar-refractivity contribution in [2.45, 2.75) is 26.9 Å². The van der Waals surface area contributed by atoms with Crippen molar-refractivity contribution >= 4 is 35.2 Å². The number of anilines is 1. The van der Waals surface area contributed by atoms with Gasteiger partial charge in [-0.25, -0.2) is 4.79 Å². The zero-order chi connectivity index (χ0) is 23.0. The van der Waals surface area contributed by atoms with Crippen LogP contribution in [0.25, 0.3) is 6.08 Å². The number of esters is 1. The molecular formula is C23H26ClNO6. The lowest BCUT2D eigenvalue weighted by Gasteiger charge is -2.13. The van der Waals surface area contributed by atoms with Gasteiger partial charge in [-0.3, -0.25) is 4.79 Å². The Labute approximate surface area is 186 Å². The van der Waals surface area contributed by atoms with Gasteiger partial charge in [0, 0.05) is 12.1 Å². The molecule has 31 heavy (non-hydrogen) atoms. The number of benzene rings is 2. The third-order valence-electron chi connectivity index (χ3n) is 4.02. The average Bonchev–Trinajstić information content (AvgIpc) is 2.73. The fourth-order valence-electron chi connectivity index (χ4n) is 2.67. The first-order chi connectivity index (χ1) is 14.8. The summed E-state index contributed by atoms with van der Waals surface area (Å²) in [5.74, 6) is 0.470. The Balaban J connectivity index is 2.17. The van der Waals surface area contributed by atoms with Crippen molar-refractivity contribution in [2.24, 2.45) is 0 Å². The SMILES string of the molecule is CCOC(=O)c1cc(Cl)c(NC(=O)/C=C/c2ccc(OC(C)C)c(OC)c2)cc1OC. The fraction of sp³-hybridized carbons (Fsp3) is 0.304. The summed E-state index contributed by atoms with van der Waals surface area (Å²) in [6, 6.07) is 8.24. The van der Waals surface area contributed by atoms with Gasteiger partial charge in [-0.2, -0.15) is 0 Å². The molecule has 0 fully saturated rings. The smallest absolute Gasteiger partial charge is 0.341 e. The van der Waals surface area contributed by atoms with Gasteiger partial charge in [-0.1, -0.05) is 17.7 Å². The fourth-order valence-corrected chi connectivity index (χ4v) is 2.88. The molecule has 1 N–H and O–H groups in total. The van der Waals surface area contributed by atoms with Gasteiger partial charge in [-0.15, -0.1) is 0 Å². The van der Waals surface area contributed by atoms with Crippen LogP contribution >= 0.6 is 11.6 Å². The van der Waals surface area contributed by atoms with Crippen LogP contribution in [0.15, 0.2) is 36.4 Å². The Morgan fingerprint density at radius 2 is 1.77 bits per heavy atom. The second-order valence-electron chi connectivity index (χ2n) is 6.65. The molecule has 7 nitrogen and oxygen atoms in total. The monoisotopic (exact) mass is 447 g/mol. The second-order valence-corrected chi connectivity index (χ2v) is 7.06. The standard InChI is InChI=1S/C23H26ClNO6/c1-6-30-23(27)16-12-17(24)18(13-20(16)28-4)25-22(26)10-8-15-7-9-19(31-14(2)3)21(11-15)29-5/h7-14H,6H2,1-5H3,(H,25,26)/b10-8+. The van der Waals surface area contributed by atoms with E-state index in [9.17, 15) is 9.59 Å². The van der Waals surface area contributed by atoms with Crippen molar-refractivity contribution in [3.8, 4) is 17.2 Å². The van der Waals surface area contributed by atoms with Crippen LogP contribution in [0.5, 0.6) is 17.2 Å². The highest BCUT2D eigenvalue weighted by molar-refractivity contribution is 6.34. The predicted octanol–water partition coefficient (Wildman–Crippen LogP) is 4.97. The number of amides is 1. The van der Waals surface area contributed by atoms with Crippen LogP contribution in [0.2, 0.25) is 5.02 Å². The molecule has 166 valence electrons. The molecule has 0 aliphatic heterocycles. The molecular weight excluding hydrogens is 422 g/mol. The highest BCUT2D eigenvalue weighted by Crippen LogP contribution is 2.32. The number of carbonyl (C=O) groups is 2. The minimum Gasteiger partial charge on any atom is -0.496 e. The molecule has 0 radical (unpaired) electrons. The summed E-state index contributed by atoms with van der Waals surface area (Å²) in [7, 11) is 2.97. The Morgan fingerprint density at radius 1 is 1.06 bits per heavy atom. The van der Waals surface area contributed by atoms with E-state index in [2.05, 4.69) is 5.32 Å². The lowest BCUT2D eigenvalue weighted by molar-refractivity contribution is -0.111. The maximum atomic E-state index is 12.4. The first kappa shape index (κ1) is 24.1. The summed E-state index contributed by atoms with van der Waals surface area (Å²) < 4.78 is 21.3. The molecule has 0 aliphatic carbocycles. The van der Waals surface area contributed by atoms with Gasteiger partial charge in [0.05, 0.1) is 37.6 Å². The maximum Gasteiger partial charge on any atom is 0.341 e. The Kier molecular flexibility index (Phi) is 8.75. The highest BCUT2D eigenvalue weighted by atomic mass is 35.5. The summed E-state index contributed by atoms with van der Waals surface area (Å²) >= 11 is 6.23. The molecule has 2 rings (SSSR count). The molecule has 0 saturated carbocycles. The van der Waals surface area contributed by atoms with E-state index in [-0.39, 0.29) is 29.0 Å². The molecule has 2 aromatic carbocycles. The highest BCUT2D eigenvalue weighted by Gasteiger charge is 2.17. The molecule has 0 atom stereocenters. The van der Waals surface area contributed by atoms with Crippen LogP contribution in [0, 0.1) is 0 Å². The van der Waals surface area contributed by atoms with Crippen LogP contribution in [-0.2, 0) is 9.53 Å². The van der Waals surface area contributed by atoms with Crippen molar-refractivity contribution in [1.82, 2.24) is 0 Å². The molecule has 8 heteroatoms. The molecule has 0 bridgehead atoms. The summed E-state index contributed by atoms with van der Waals surface area (Å²) in [5.41, 5.74) is 1.24. The molecule has 0 aromatic heterocycles. The number of ether oxygens (including phenoxy) is 4. The lowest BCUT2D eigenvalue weighted by atomic mass is 10.1. The van der Waals surface area contributed by atoms with Gasteiger partial charge in [0.25, 0.3) is 0 Å². The minimum atomic E-state index is -0.558. The van der Waals surface area contributed by atoms with Gasteiger partial charge in [-0.05, 0) is 50.6 Å². The summed E-state index contributed by atoms with van der Waals surface area (Å²) in [6.45, 7) is 5.78. The number of rotatable bonds is 9. The number of hydrogen-bond acceptors (Lipinski definition) is 6. The van der Waals surface area contributed by atoms with E-state index in [0.717, 1.165) is 5.56 Å². The average molecular weight is 448 g/mol. The molecule has 0 aliphatic rings. The topological polar surface area (TPSA) is 83.1 Å². The Hall–Kier alpha value is -3.19. The lowest BCUT2D eigenvalue weighted by Crippen LogP contribution is -2.11. The van der Waals surface area contributed by atoms with E-state index in [1.807, 2.05) is 19.9 Å². The first-order valence-electron chi connectivity index (χ1n) is 9.67. The van der Waals surface area contributed by atoms with Crippen molar-refractivity contribution in [3.05, 3.63) is 52.6 Å². The number of carbonyl (C=O) groups excluding carboxylic acids is 2. The Morgan fingerprint density at radius 3 is 2.39 bits per heavy atom. The van der Waals surface area contributed by atoms with E-state index in [4.69, 9.17) is 30.5 Å². The van der Waals surface area contributed by atoms with Crippen LogP contribution < -0.4 is 19.5 Å². The second kappa shape index (κ2) is 11.3. The van der Waals surface area contributed by atoms with Crippen molar-refractivity contribution in [3.63, 3.8) is 0 Å². The summed E-state index contributed by atoms with van der Waals surface area (Å²) in [5, 5.41) is 2.86. The molecule has 0 spiro atoms. The van der Waals surface area contributed by atoms with Crippen molar-refractivity contribution in [1.29, 1.82) is 0 Å². The quantitative estimate of drug-likeness (QED) is 0.431. The van der Waals surface area contributed by atoms with Crippen molar-refractivity contribution < 1.29 is 28.5 Å². The van der Waals surface area contributed by atoms with Crippen molar-refractivity contribution in [2.75, 3.05) is 26.1 Å². The minimum absolute atomic E-state index is 0.0121. The van der Waals surface area contributed by atoms with Crippen LogP contribution in [0.1, 0.15) is 36.7 Å². The maximum absolute atomic E-state index is 12.4. The number of halogens is 1. The zero-order valence-electron chi connectivity index (χ0n) is 18.2. The van der Waals surface area contributed by atoms with Crippen LogP contribution in [0.3, 0.4) is 0 Å². The first-order valence-corrected chi connectivity index (χ1v) is 10.0. The zero-order valence-corrected chi connectivity index (χ0v) is 18.9. The van der Waals surface area contributed by atoms with Crippen LogP contribution in [-0.4, -0.2) is 38.8 Å². The number of nitrogens with one attached hydrogen (secondary N) is 1. The molecule has 1 amide bonds. The molecule has 0 unspecified atom stereocenters. The number of methoxy groups -OCH3 is 2. The van der Waals surface area contributed by atoms with E-state index < -0.39 is 11.9 Å². The van der Waals surface area contributed by atoms with Gasteiger partial charge >= 0.3 is 5.97 Å². The van der Waals surface area contributed by atoms with E-state index in [1.54, 1.807) is 32.2 Å². The molecule has 0 saturated heterocycles. The predicted molar refractivity (Wildman–Crippen MR) is 120 cm³/mol. The summed E-state index contributed by atoms with van der Waals surface area (Å²) in [6.07, 6.45) is 3.01. The van der Waals surface area contributed by atoms with Crippen LogP contribution in [0.4, 0.5) is 5.69 Å². The molecule has 2 aromatic rings. The van der Waals surface area contributed by atoms with E-state index in [0.29, 0.717) is 17.2 Å². The summed E-state index contributed by atoms with van der Waals surface area (Å²) in [4.78, 5) is 24.4. The third kappa shape index (κ3) is 6.65. The van der Waals surface area contributed by atoms with Gasteiger partial charge in [0.15, 0.2) is 11.5 Å². The van der Waals surface area contributed by atoms with E-state index in [1.165, 1.54) is 25.3 Å². The third-order valence-corrected chi connectivity index (χ3v) is 4.33. The largest absolute Gasteiger partial charge is 0.496 e. The molecule has 0 heterocycles. The normalized spacial score (nSPS) is 10.8. The van der Waals surface area contributed by atoms with Gasteiger partial charge < -0.3 is 24.3 Å². The van der Waals surface area contributed by atoms with E-state index >= 15 is 0 Å². The number of hydrogen-bond donors (Lipinski definition) is 1. The van der Waals surface area contributed by atoms with Gasteiger partial charge in [0.1, 0.15) is 11.3 Å².